The van der Waals surface area contributed by atoms with Gasteiger partial charge < -0.3 is 15.4 Å². The number of likely N-dealkylation sites (tertiary alicyclic amines) is 1. The first-order valence-corrected chi connectivity index (χ1v) is 10.6. The number of piperidine rings is 1. The Morgan fingerprint density at radius 2 is 1.90 bits per heavy atom. The third kappa shape index (κ3) is 4.99. The highest BCUT2D eigenvalue weighted by Gasteiger charge is 2.35. The predicted octanol–water partition coefficient (Wildman–Crippen LogP) is 3.45. The fourth-order valence-electron chi connectivity index (χ4n) is 4.64. The maximum atomic E-state index is 13.0. The van der Waals surface area contributed by atoms with Gasteiger partial charge in [-0.2, -0.15) is 0 Å². The summed E-state index contributed by atoms with van der Waals surface area (Å²) in [6, 6.07) is 5.30. The number of ether oxygens (including phenoxy) is 1. The average Bonchev–Trinajstić information content (AvgIpc) is 2.62. The van der Waals surface area contributed by atoms with Crippen LogP contribution in [-0.2, 0) is 9.53 Å². The monoisotopic (exact) mass is 399 g/mol. The smallest absolute Gasteiger partial charge is 0.338 e. The molecule has 1 saturated heterocycles. The molecule has 0 spiro atoms. The Morgan fingerprint density at radius 1 is 1.21 bits per heavy atom. The van der Waals surface area contributed by atoms with Gasteiger partial charge >= 0.3 is 12.0 Å². The summed E-state index contributed by atoms with van der Waals surface area (Å²) in [6.45, 7) is 13.1. The average molecular weight is 400 g/mol. The number of hydrogen-bond acceptors (Lipinski definition) is 4. The van der Waals surface area contributed by atoms with Crippen LogP contribution in [0.3, 0.4) is 0 Å². The van der Waals surface area contributed by atoms with E-state index in [1.165, 1.54) is 6.42 Å². The second kappa shape index (κ2) is 8.99. The molecule has 0 unspecified atom stereocenters. The number of aryl methyl sites for hydroxylation is 2. The molecule has 1 fully saturated rings. The van der Waals surface area contributed by atoms with Crippen LogP contribution in [0.5, 0.6) is 0 Å². The van der Waals surface area contributed by atoms with Crippen molar-refractivity contribution in [1.29, 1.82) is 0 Å². The first-order chi connectivity index (χ1) is 13.8. The summed E-state index contributed by atoms with van der Waals surface area (Å²) in [7, 11) is 0. The molecule has 1 aromatic carbocycles. The van der Waals surface area contributed by atoms with Crippen molar-refractivity contribution in [2.24, 2.45) is 11.8 Å². The van der Waals surface area contributed by atoms with Crippen molar-refractivity contribution in [3.05, 3.63) is 46.2 Å². The van der Waals surface area contributed by atoms with Gasteiger partial charge in [0.1, 0.15) is 0 Å². The summed E-state index contributed by atoms with van der Waals surface area (Å²) in [5, 5.41) is 5.85. The predicted molar refractivity (Wildman–Crippen MR) is 113 cm³/mol. The van der Waals surface area contributed by atoms with E-state index in [1.54, 1.807) is 6.92 Å². The molecule has 0 bridgehead atoms. The first kappa shape index (κ1) is 21.4. The minimum atomic E-state index is -0.516. The Bertz CT molecular complexity index is 808. The number of urea groups is 1. The third-order valence-corrected chi connectivity index (χ3v) is 5.72. The molecule has 2 aliphatic rings. The van der Waals surface area contributed by atoms with E-state index in [0.29, 0.717) is 36.3 Å². The summed E-state index contributed by atoms with van der Waals surface area (Å²) >= 11 is 0. The Balaban J connectivity index is 2.02. The molecule has 6 heteroatoms. The van der Waals surface area contributed by atoms with E-state index in [0.717, 1.165) is 29.8 Å². The van der Waals surface area contributed by atoms with Crippen LogP contribution in [-0.4, -0.2) is 43.1 Å². The Labute approximate surface area is 173 Å². The lowest BCUT2D eigenvalue weighted by Gasteiger charge is -2.37. The van der Waals surface area contributed by atoms with Gasteiger partial charge in [-0.3, -0.25) is 4.90 Å². The number of rotatable bonds is 5. The number of nitrogens with zero attached hydrogens (tertiary/aromatic N) is 1. The van der Waals surface area contributed by atoms with Crippen molar-refractivity contribution in [3.63, 3.8) is 0 Å². The SMILES string of the molecule is CCOC(=O)C1=C(CN2C[C@H](C)C[C@@H](C)C2)NC(=O)N[C@H]1c1cc(C)ccc1C. The van der Waals surface area contributed by atoms with Gasteiger partial charge in [0.2, 0.25) is 0 Å². The van der Waals surface area contributed by atoms with Crippen LogP contribution in [0.15, 0.2) is 29.5 Å². The second-order valence-electron chi connectivity index (χ2n) is 8.64. The number of benzene rings is 1. The highest BCUT2D eigenvalue weighted by molar-refractivity contribution is 5.95. The van der Waals surface area contributed by atoms with E-state index in [4.69, 9.17) is 4.74 Å². The molecule has 0 radical (unpaired) electrons. The third-order valence-electron chi connectivity index (χ3n) is 5.72. The molecule has 3 rings (SSSR count). The Hall–Kier alpha value is -2.34. The molecule has 158 valence electrons. The van der Waals surface area contributed by atoms with Crippen molar-refractivity contribution in [1.82, 2.24) is 15.5 Å². The van der Waals surface area contributed by atoms with Gasteiger partial charge in [-0.15, -0.1) is 0 Å². The molecule has 0 saturated carbocycles. The number of nitrogens with one attached hydrogen (secondary N) is 2. The molecule has 0 aliphatic carbocycles. The maximum Gasteiger partial charge on any atom is 0.338 e. The molecule has 2 N–H and O–H groups in total. The van der Waals surface area contributed by atoms with Gasteiger partial charge in [0.05, 0.1) is 18.2 Å². The highest BCUT2D eigenvalue weighted by Crippen LogP contribution is 2.31. The van der Waals surface area contributed by atoms with Crippen LogP contribution in [0.25, 0.3) is 0 Å². The summed E-state index contributed by atoms with van der Waals surface area (Å²) in [5.74, 6) is 0.814. The van der Waals surface area contributed by atoms with Crippen LogP contribution in [0.2, 0.25) is 0 Å². The lowest BCUT2D eigenvalue weighted by atomic mass is 9.89. The Morgan fingerprint density at radius 3 is 2.55 bits per heavy atom. The van der Waals surface area contributed by atoms with E-state index in [2.05, 4.69) is 29.4 Å². The van der Waals surface area contributed by atoms with Crippen molar-refractivity contribution in [2.45, 2.75) is 47.1 Å². The van der Waals surface area contributed by atoms with Crippen LogP contribution in [0.4, 0.5) is 4.79 Å². The van der Waals surface area contributed by atoms with E-state index < -0.39 is 6.04 Å². The van der Waals surface area contributed by atoms with E-state index in [-0.39, 0.29) is 12.0 Å². The molecular weight excluding hydrogens is 366 g/mol. The van der Waals surface area contributed by atoms with Gasteiger partial charge in [0.15, 0.2) is 0 Å². The molecule has 3 atom stereocenters. The number of hydrogen-bond donors (Lipinski definition) is 2. The molecule has 0 aromatic heterocycles. The van der Waals surface area contributed by atoms with Crippen LogP contribution in [0.1, 0.15) is 49.9 Å². The van der Waals surface area contributed by atoms with Crippen molar-refractivity contribution in [2.75, 3.05) is 26.2 Å². The molecule has 2 heterocycles. The summed E-state index contributed by atoms with van der Waals surface area (Å²) in [4.78, 5) is 27.8. The molecular formula is C23H33N3O3. The van der Waals surface area contributed by atoms with E-state index in [9.17, 15) is 9.59 Å². The fourth-order valence-corrected chi connectivity index (χ4v) is 4.64. The zero-order chi connectivity index (χ0) is 21.1. The van der Waals surface area contributed by atoms with Gasteiger partial charge in [-0.25, -0.2) is 9.59 Å². The van der Waals surface area contributed by atoms with Gasteiger partial charge in [-0.05, 0) is 50.2 Å². The molecule has 6 nitrogen and oxygen atoms in total. The molecule has 1 aromatic rings. The normalized spacial score (nSPS) is 25.4. The second-order valence-corrected chi connectivity index (χ2v) is 8.64. The lowest BCUT2D eigenvalue weighted by molar-refractivity contribution is -0.139. The quantitative estimate of drug-likeness (QED) is 0.744. The largest absolute Gasteiger partial charge is 0.463 e. The number of carbonyl (C=O) groups is 2. The van der Waals surface area contributed by atoms with Gasteiger partial charge in [0.25, 0.3) is 0 Å². The fraction of sp³-hybridized carbons (Fsp3) is 0.565. The highest BCUT2D eigenvalue weighted by atomic mass is 16.5. The van der Waals surface area contributed by atoms with E-state index in [1.807, 2.05) is 32.0 Å². The zero-order valence-electron chi connectivity index (χ0n) is 18.2. The first-order valence-electron chi connectivity index (χ1n) is 10.6. The van der Waals surface area contributed by atoms with Crippen LogP contribution >= 0.6 is 0 Å². The lowest BCUT2D eigenvalue weighted by Crippen LogP contribution is -2.50. The summed E-state index contributed by atoms with van der Waals surface area (Å²) < 4.78 is 5.39. The number of carbonyl (C=O) groups excluding carboxylic acids is 2. The number of amides is 2. The topological polar surface area (TPSA) is 70.7 Å². The van der Waals surface area contributed by atoms with Crippen molar-refractivity contribution < 1.29 is 14.3 Å². The standard InChI is InChI=1S/C23H33N3O3/c1-6-29-22(27)20-19(13-26-11-15(3)9-16(4)12-26)24-23(28)25-21(20)18-10-14(2)7-8-17(18)5/h7-8,10,15-16,21H,6,9,11-13H2,1-5H3,(H2,24,25,28)/t15-,16-,21+/m1/s1. The van der Waals surface area contributed by atoms with E-state index >= 15 is 0 Å². The minimum absolute atomic E-state index is 0.280. The van der Waals surface area contributed by atoms with Crippen molar-refractivity contribution >= 4 is 12.0 Å². The summed E-state index contributed by atoms with van der Waals surface area (Å²) in [6.07, 6.45) is 1.21. The zero-order valence-corrected chi connectivity index (χ0v) is 18.2. The molecule has 29 heavy (non-hydrogen) atoms. The Kier molecular flexibility index (Phi) is 6.63. The number of esters is 1. The molecule has 2 amide bonds. The van der Waals surface area contributed by atoms with Crippen molar-refractivity contribution in [3.8, 4) is 0 Å². The molecule has 2 aliphatic heterocycles. The van der Waals surface area contributed by atoms with Gasteiger partial charge in [-0.1, -0.05) is 37.6 Å². The maximum absolute atomic E-state index is 13.0. The van der Waals surface area contributed by atoms with Gasteiger partial charge in [0, 0.05) is 25.3 Å². The summed E-state index contributed by atoms with van der Waals surface area (Å²) in [5.41, 5.74) is 4.21. The minimum Gasteiger partial charge on any atom is -0.463 e. The van der Waals surface area contributed by atoms with Crippen LogP contribution < -0.4 is 10.6 Å². The van der Waals surface area contributed by atoms with Crippen LogP contribution in [0, 0.1) is 25.7 Å².